The fourth-order valence-corrected chi connectivity index (χ4v) is 2.49. The van der Waals surface area contributed by atoms with Crippen LogP contribution in [0, 0.1) is 5.82 Å². The zero-order chi connectivity index (χ0) is 14.5. The van der Waals surface area contributed by atoms with Crippen molar-refractivity contribution in [2.45, 2.75) is 19.5 Å². The van der Waals surface area contributed by atoms with Crippen LogP contribution in [-0.2, 0) is 11.3 Å². The molecule has 0 spiro atoms. The monoisotopic (exact) mass is 279 g/mol. The number of halogens is 1. The predicted molar refractivity (Wildman–Crippen MR) is 76.8 cm³/mol. The third-order valence-electron chi connectivity index (χ3n) is 3.77. The van der Waals surface area contributed by atoms with E-state index in [0.29, 0.717) is 6.54 Å². The van der Waals surface area contributed by atoms with E-state index in [2.05, 4.69) is 10.2 Å². The fraction of sp³-hybridized carbons (Fsp3) is 0.533. The smallest absolute Gasteiger partial charge is 0.239 e. The maximum absolute atomic E-state index is 12.9. The Balaban J connectivity index is 1.92. The summed E-state index contributed by atoms with van der Waals surface area (Å²) in [7, 11) is 1.80. The Morgan fingerprint density at radius 2 is 1.95 bits per heavy atom. The van der Waals surface area contributed by atoms with Gasteiger partial charge < -0.3 is 10.2 Å². The number of rotatable bonds is 4. The first-order chi connectivity index (χ1) is 9.58. The van der Waals surface area contributed by atoms with Gasteiger partial charge in [0.2, 0.25) is 5.91 Å². The van der Waals surface area contributed by atoms with Gasteiger partial charge in [0.05, 0.1) is 6.04 Å². The summed E-state index contributed by atoms with van der Waals surface area (Å²) in [5.41, 5.74) is 0.940. The Bertz CT molecular complexity index is 443. The van der Waals surface area contributed by atoms with Crippen LogP contribution in [-0.4, -0.2) is 55.0 Å². The Morgan fingerprint density at radius 1 is 1.35 bits per heavy atom. The van der Waals surface area contributed by atoms with Crippen LogP contribution in [0.3, 0.4) is 0 Å². The van der Waals surface area contributed by atoms with Crippen molar-refractivity contribution in [2.24, 2.45) is 0 Å². The molecule has 1 unspecified atom stereocenters. The van der Waals surface area contributed by atoms with E-state index in [1.807, 2.05) is 6.92 Å². The van der Waals surface area contributed by atoms with Gasteiger partial charge in [0.15, 0.2) is 0 Å². The van der Waals surface area contributed by atoms with Crippen LogP contribution >= 0.6 is 0 Å². The lowest BCUT2D eigenvalue weighted by atomic mass is 10.1. The SMILES string of the molecule is CC(C(=O)N(C)Cc1ccc(F)cc1)N1CCNCC1. The number of amides is 1. The van der Waals surface area contributed by atoms with Crippen LogP contribution in [0.2, 0.25) is 0 Å². The molecule has 5 heteroatoms. The number of carbonyl (C=O) groups is 1. The molecule has 1 amide bonds. The summed E-state index contributed by atoms with van der Waals surface area (Å²) in [5.74, 6) is -0.145. The Hall–Kier alpha value is -1.46. The van der Waals surface area contributed by atoms with Crippen LogP contribution < -0.4 is 5.32 Å². The minimum Gasteiger partial charge on any atom is -0.340 e. The summed E-state index contributed by atoms with van der Waals surface area (Å²) < 4.78 is 12.9. The number of carbonyl (C=O) groups excluding carboxylic acids is 1. The van der Waals surface area contributed by atoms with E-state index in [4.69, 9.17) is 0 Å². The molecule has 4 nitrogen and oxygen atoms in total. The molecule has 1 atom stereocenters. The highest BCUT2D eigenvalue weighted by Crippen LogP contribution is 2.09. The molecule has 110 valence electrons. The topological polar surface area (TPSA) is 35.6 Å². The molecule has 1 fully saturated rings. The summed E-state index contributed by atoms with van der Waals surface area (Å²) in [4.78, 5) is 16.3. The molecule has 1 heterocycles. The zero-order valence-electron chi connectivity index (χ0n) is 12.1. The highest BCUT2D eigenvalue weighted by Gasteiger charge is 2.25. The van der Waals surface area contributed by atoms with Crippen molar-refractivity contribution >= 4 is 5.91 Å². The maximum Gasteiger partial charge on any atom is 0.239 e. The van der Waals surface area contributed by atoms with Gasteiger partial charge in [0.25, 0.3) is 0 Å². The fourth-order valence-electron chi connectivity index (χ4n) is 2.49. The van der Waals surface area contributed by atoms with Crippen molar-refractivity contribution in [2.75, 3.05) is 33.2 Å². The molecular weight excluding hydrogens is 257 g/mol. The molecule has 1 aromatic rings. The van der Waals surface area contributed by atoms with Crippen molar-refractivity contribution in [1.29, 1.82) is 0 Å². The van der Waals surface area contributed by atoms with Gasteiger partial charge in [-0.05, 0) is 24.6 Å². The molecule has 1 saturated heterocycles. The molecule has 1 aromatic carbocycles. The molecule has 2 rings (SSSR count). The van der Waals surface area contributed by atoms with E-state index < -0.39 is 0 Å². The Kier molecular flexibility index (Phi) is 5.09. The molecule has 1 aliphatic rings. The number of likely N-dealkylation sites (N-methyl/N-ethyl adjacent to an activating group) is 1. The minimum atomic E-state index is -0.253. The number of nitrogens with zero attached hydrogens (tertiary/aromatic N) is 2. The predicted octanol–water partition coefficient (Wildman–Crippen LogP) is 1.08. The molecule has 0 radical (unpaired) electrons. The normalized spacial score (nSPS) is 17.8. The third kappa shape index (κ3) is 3.77. The van der Waals surface area contributed by atoms with E-state index in [0.717, 1.165) is 31.7 Å². The van der Waals surface area contributed by atoms with Crippen LogP contribution in [0.5, 0.6) is 0 Å². The van der Waals surface area contributed by atoms with Crippen molar-refractivity contribution in [1.82, 2.24) is 15.1 Å². The van der Waals surface area contributed by atoms with Gasteiger partial charge in [0.1, 0.15) is 5.82 Å². The first-order valence-corrected chi connectivity index (χ1v) is 7.02. The third-order valence-corrected chi connectivity index (χ3v) is 3.77. The summed E-state index contributed by atoms with van der Waals surface area (Å²) in [6.07, 6.45) is 0. The summed E-state index contributed by atoms with van der Waals surface area (Å²) >= 11 is 0. The number of piperazine rings is 1. The van der Waals surface area contributed by atoms with E-state index in [-0.39, 0.29) is 17.8 Å². The molecule has 0 bridgehead atoms. The second-order valence-corrected chi connectivity index (χ2v) is 5.28. The number of hydrogen-bond donors (Lipinski definition) is 1. The van der Waals surface area contributed by atoms with E-state index in [1.165, 1.54) is 12.1 Å². The van der Waals surface area contributed by atoms with E-state index >= 15 is 0 Å². The quantitative estimate of drug-likeness (QED) is 0.896. The van der Waals surface area contributed by atoms with E-state index in [1.54, 1.807) is 24.1 Å². The lowest BCUT2D eigenvalue weighted by molar-refractivity contribution is -0.135. The van der Waals surface area contributed by atoms with Crippen molar-refractivity contribution in [3.05, 3.63) is 35.6 Å². The van der Waals surface area contributed by atoms with Crippen molar-refractivity contribution in [3.63, 3.8) is 0 Å². The van der Waals surface area contributed by atoms with Gasteiger partial charge in [-0.25, -0.2) is 4.39 Å². The maximum atomic E-state index is 12.9. The summed E-state index contributed by atoms with van der Waals surface area (Å²) in [6, 6.07) is 6.17. The molecule has 0 aliphatic carbocycles. The molecule has 0 aromatic heterocycles. The lowest BCUT2D eigenvalue weighted by Gasteiger charge is -2.34. The molecule has 1 N–H and O–H groups in total. The molecular formula is C15H22FN3O. The second kappa shape index (κ2) is 6.81. The molecule has 0 saturated carbocycles. The molecule has 1 aliphatic heterocycles. The number of hydrogen-bond acceptors (Lipinski definition) is 3. The van der Waals surface area contributed by atoms with Crippen molar-refractivity contribution < 1.29 is 9.18 Å². The minimum absolute atomic E-state index is 0.108. The second-order valence-electron chi connectivity index (χ2n) is 5.28. The Labute approximate surface area is 119 Å². The van der Waals surface area contributed by atoms with Crippen LogP contribution in [0.25, 0.3) is 0 Å². The highest BCUT2D eigenvalue weighted by atomic mass is 19.1. The number of nitrogens with one attached hydrogen (secondary N) is 1. The van der Waals surface area contributed by atoms with Crippen molar-refractivity contribution in [3.8, 4) is 0 Å². The van der Waals surface area contributed by atoms with Gasteiger partial charge in [-0.15, -0.1) is 0 Å². The highest BCUT2D eigenvalue weighted by molar-refractivity contribution is 5.81. The van der Waals surface area contributed by atoms with Gasteiger partial charge in [-0.2, -0.15) is 0 Å². The summed E-state index contributed by atoms with van der Waals surface area (Å²) in [5, 5.41) is 3.28. The van der Waals surface area contributed by atoms with Gasteiger partial charge >= 0.3 is 0 Å². The van der Waals surface area contributed by atoms with Gasteiger partial charge in [-0.1, -0.05) is 12.1 Å². The Morgan fingerprint density at radius 3 is 2.55 bits per heavy atom. The van der Waals surface area contributed by atoms with Gasteiger partial charge in [0, 0.05) is 39.8 Å². The van der Waals surface area contributed by atoms with E-state index in [9.17, 15) is 9.18 Å². The van der Waals surface area contributed by atoms with Gasteiger partial charge in [-0.3, -0.25) is 9.69 Å². The standard InChI is InChI=1S/C15H22FN3O/c1-12(19-9-7-17-8-10-19)15(20)18(2)11-13-3-5-14(16)6-4-13/h3-6,12,17H,7-11H2,1-2H3. The largest absolute Gasteiger partial charge is 0.340 e. The zero-order valence-corrected chi connectivity index (χ0v) is 12.1. The number of benzene rings is 1. The molecule has 20 heavy (non-hydrogen) atoms. The van der Waals surface area contributed by atoms with Crippen LogP contribution in [0.4, 0.5) is 4.39 Å². The lowest BCUT2D eigenvalue weighted by Crippen LogP contribution is -2.52. The first kappa shape index (κ1) is 14.9. The average Bonchev–Trinajstić information content (AvgIpc) is 2.49. The van der Waals surface area contributed by atoms with Crippen LogP contribution in [0.1, 0.15) is 12.5 Å². The first-order valence-electron chi connectivity index (χ1n) is 7.02. The van der Waals surface area contributed by atoms with Crippen LogP contribution in [0.15, 0.2) is 24.3 Å². The summed E-state index contributed by atoms with van der Waals surface area (Å²) in [6.45, 7) is 6.12. The average molecular weight is 279 g/mol.